The van der Waals surface area contributed by atoms with E-state index in [4.69, 9.17) is 5.11 Å². The second-order valence-corrected chi connectivity index (χ2v) is 5.90. The molecule has 2 rings (SSSR count). The van der Waals surface area contributed by atoms with E-state index in [1.165, 1.54) is 11.8 Å². The van der Waals surface area contributed by atoms with Crippen LogP contribution in [-0.4, -0.2) is 51.2 Å². The van der Waals surface area contributed by atoms with E-state index < -0.39 is 40.9 Å². The minimum absolute atomic E-state index is 0.0000618. The van der Waals surface area contributed by atoms with Crippen molar-refractivity contribution < 1.29 is 27.9 Å². The lowest BCUT2D eigenvalue weighted by molar-refractivity contribution is -0.147. The lowest BCUT2D eigenvalue weighted by Crippen LogP contribution is -2.46. The number of piperidine rings is 1. The van der Waals surface area contributed by atoms with Crippen LogP contribution in [0, 0.1) is 5.92 Å². The minimum atomic E-state index is -4.87. The molecule has 0 radical (unpaired) electrons. The van der Waals surface area contributed by atoms with E-state index in [9.17, 15) is 27.6 Å². The van der Waals surface area contributed by atoms with Gasteiger partial charge in [-0.05, 0) is 13.3 Å². The van der Waals surface area contributed by atoms with Crippen LogP contribution in [0.4, 0.5) is 18.9 Å². The summed E-state index contributed by atoms with van der Waals surface area (Å²) in [5, 5.41) is 16.7. The monoisotopic (exact) mass is 362 g/mol. The maximum absolute atomic E-state index is 13.0. The Balaban J connectivity index is 2.11. The van der Waals surface area contributed by atoms with Gasteiger partial charge >= 0.3 is 12.1 Å². The summed E-state index contributed by atoms with van der Waals surface area (Å²) in [6, 6.07) is -0.652. The van der Waals surface area contributed by atoms with Crippen molar-refractivity contribution in [2.75, 3.05) is 18.4 Å². The molecule has 1 fully saturated rings. The van der Waals surface area contributed by atoms with Gasteiger partial charge in [0.25, 0.3) is 5.56 Å². The van der Waals surface area contributed by atoms with E-state index in [-0.39, 0.29) is 31.8 Å². The molecule has 0 aromatic carbocycles. The Morgan fingerprint density at radius 3 is 2.80 bits per heavy atom. The van der Waals surface area contributed by atoms with Crippen LogP contribution in [0.25, 0.3) is 0 Å². The number of aromatic nitrogens is 2. The van der Waals surface area contributed by atoms with Gasteiger partial charge < -0.3 is 15.3 Å². The number of aromatic amines is 1. The summed E-state index contributed by atoms with van der Waals surface area (Å²) >= 11 is 0. The average Bonchev–Trinajstić information content (AvgIpc) is 2.47. The summed E-state index contributed by atoms with van der Waals surface area (Å²) < 4.78 is 39.0. The predicted octanol–water partition coefficient (Wildman–Crippen LogP) is 0.912. The van der Waals surface area contributed by atoms with E-state index in [1.54, 1.807) is 5.10 Å². The van der Waals surface area contributed by atoms with Crippen LogP contribution in [0.3, 0.4) is 0 Å². The van der Waals surface area contributed by atoms with Crippen LogP contribution in [0.2, 0.25) is 0 Å². The molecule has 3 N–H and O–H groups in total. The first-order valence-electron chi connectivity index (χ1n) is 7.51. The van der Waals surface area contributed by atoms with E-state index in [1.807, 2.05) is 0 Å². The fraction of sp³-hybridized carbons (Fsp3) is 0.571. The van der Waals surface area contributed by atoms with Gasteiger partial charge in [-0.15, -0.1) is 0 Å². The molecule has 2 unspecified atom stereocenters. The molecule has 0 spiro atoms. The van der Waals surface area contributed by atoms with Gasteiger partial charge in [-0.2, -0.15) is 18.3 Å². The normalized spacial score (nSPS) is 19.6. The molecule has 2 atom stereocenters. The Kier molecular flexibility index (Phi) is 5.33. The number of hydrogen-bond donors (Lipinski definition) is 3. The Morgan fingerprint density at radius 1 is 1.52 bits per heavy atom. The highest BCUT2D eigenvalue weighted by Crippen LogP contribution is 2.31. The van der Waals surface area contributed by atoms with Crippen LogP contribution in [0.1, 0.15) is 25.3 Å². The van der Waals surface area contributed by atoms with Gasteiger partial charge in [0.2, 0.25) is 5.91 Å². The first-order chi connectivity index (χ1) is 11.6. The summed E-state index contributed by atoms with van der Waals surface area (Å²) in [6.45, 7) is 1.53. The molecule has 1 aliphatic rings. The van der Waals surface area contributed by atoms with Gasteiger partial charge in [0.1, 0.15) is 5.56 Å². The molecule has 0 bridgehead atoms. The van der Waals surface area contributed by atoms with E-state index >= 15 is 0 Å². The smallest absolute Gasteiger partial charge is 0.423 e. The van der Waals surface area contributed by atoms with E-state index in [0.717, 1.165) is 6.20 Å². The van der Waals surface area contributed by atoms with Gasteiger partial charge in [-0.25, -0.2) is 5.10 Å². The third-order valence-electron chi connectivity index (χ3n) is 3.89. The molecular weight excluding hydrogens is 345 g/mol. The predicted molar refractivity (Wildman–Crippen MR) is 79.9 cm³/mol. The molecule has 25 heavy (non-hydrogen) atoms. The number of halogens is 3. The SMILES string of the molecule is CC(CN1CC(C(=O)O)CCC1=O)Nc1cn[nH]c(=O)c1C(F)(F)F. The zero-order valence-electron chi connectivity index (χ0n) is 13.3. The number of carboxylic acid groups (broad SMARTS) is 1. The fourth-order valence-corrected chi connectivity index (χ4v) is 2.72. The van der Waals surface area contributed by atoms with Crippen molar-refractivity contribution in [3.05, 3.63) is 22.1 Å². The molecule has 1 saturated heterocycles. The van der Waals surface area contributed by atoms with Gasteiger partial charge in [0, 0.05) is 25.6 Å². The van der Waals surface area contributed by atoms with Crippen molar-refractivity contribution in [2.24, 2.45) is 5.92 Å². The van der Waals surface area contributed by atoms with Crippen molar-refractivity contribution in [3.63, 3.8) is 0 Å². The van der Waals surface area contributed by atoms with Crippen LogP contribution < -0.4 is 10.9 Å². The number of carbonyl (C=O) groups is 2. The van der Waals surface area contributed by atoms with Crippen LogP contribution in [0.15, 0.2) is 11.0 Å². The third kappa shape index (κ3) is 4.48. The van der Waals surface area contributed by atoms with Crippen molar-refractivity contribution >= 4 is 17.6 Å². The Bertz CT molecular complexity index is 719. The minimum Gasteiger partial charge on any atom is -0.481 e. The molecule has 0 saturated carbocycles. The quantitative estimate of drug-likeness (QED) is 0.717. The number of nitrogens with one attached hydrogen (secondary N) is 2. The number of rotatable bonds is 5. The van der Waals surface area contributed by atoms with Crippen LogP contribution in [0.5, 0.6) is 0 Å². The molecule has 2 heterocycles. The van der Waals surface area contributed by atoms with Crippen molar-refractivity contribution in [1.29, 1.82) is 0 Å². The molecule has 1 aromatic heterocycles. The lowest BCUT2D eigenvalue weighted by atomic mass is 9.97. The van der Waals surface area contributed by atoms with Crippen molar-refractivity contribution in [3.8, 4) is 0 Å². The summed E-state index contributed by atoms with van der Waals surface area (Å²) in [6.07, 6.45) is -3.71. The van der Waals surface area contributed by atoms with Crippen LogP contribution >= 0.6 is 0 Å². The van der Waals surface area contributed by atoms with Gasteiger partial charge in [-0.3, -0.25) is 14.4 Å². The first kappa shape index (κ1) is 18.7. The van der Waals surface area contributed by atoms with Crippen molar-refractivity contribution in [2.45, 2.75) is 32.0 Å². The van der Waals surface area contributed by atoms with Crippen LogP contribution in [-0.2, 0) is 15.8 Å². The maximum atomic E-state index is 13.0. The maximum Gasteiger partial charge on any atom is 0.423 e. The molecule has 0 aliphatic carbocycles. The molecule has 1 amide bonds. The largest absolute Gasteiger partial charge is 0.481 e. The zero-order valence-corrected chi connectivity index (χ0v) is 13.3. The number of likely N-dealkylation sites (tertiary alicyclic amines) is 1. The molecule has 138 valence electrons. The first-order valence-corrected chi connectivity index (χ1v) is 7.51. The van der Waals surface area contributed by atoms with Gasteiger partial charge in [0.15, 0.2) is 0 Å². The topological polar surface area (TPSA) is 115 Å². The number of nitrogens with zero attached hydrogens (tertiary/aromatic N) is 2. The third-order valence-corrected chi connectivity index (χ3v) is 3.89. The number of H-pyrrole nitrogens is 1. The highest BCUT2D eigenvalue weighted by atomic mass is 19.4. The van der Waals surface area contributed by atoms with Gasteiger partial charge in [-0.1, -0.05) is 0 Å². The molecule has 8 nitrogen and oxygen atoms in total. The summed E-state index contributed by atoms with van der Waals surface area (Å²) in [4.78, 5) is 35.7. The second kappa shape index (κ2) is 7.11. The number of carbonyl (C=O) groups excluding carboxylic acids is 1. The number of anilines is 1. The molecular formula is C14H17F3N4O4. The fourth-order valence-electron chi connectivity index (χ4n) is 2.72. The standard InChI is InChI=1S/C14H17F3N4O4/c1-7(5-21-6-8(13(24)25)2-3-10(21)22)19-9-4-18-20-12(23)11(9)14(15,16)17/h4,7-8H,2-3,5-6H2,1H3,(H,24,25)(H2,19,20,23). The van der Waals surface area contributed by atoms with E-state index in [0.29, 0.717) is 0 Å². The summed E-state index contributed by atoms with van der Waals surface area (Å²) in [5.74, 6) is -1.97. The number of aliphatic carboxylic acids is 1. The van der Waals surface area contributed by atoms with Crippen molar-refractivity contribution in [1.82, 2.24) is 15.1 Å². The highest BCUT2D eigenvalue weighted by molar-refractivity contribution is 5.80. The summed E-state index contributed by atoms with van der Waals surface area (Å²) in [7, 11) is 0. The molecule has 1 aromatic rings. The Labute approximate surface area is 140 Å². The zero-order chi connectivity index (χ0) is 18.8. The lowest BCUT2D eigenvalue weighted by Gasteiger charge is -2.33. The van der Waals surface area contributed by atoms with E-state index in [2.05, 4.69) is 10.4 Å². The Hall–Kier alpha value is -2.59. The number of amides is 1. The Morgan fingerprint density at radius 2 is 2.20 bits per heavy atom. The molecule has 11 heteroatoms. The second-order valence-electron chi connectivity index (χ2n) is 5.90. The number of alkyl halides is 3. The van der Waals surface area contributed by atoms with Gasteiger partial charge in [0.05, 0.1) is 17.8 Å². The molecule has 1 aliphatic heterocycles. The number of carboxylic acids is 1. The number of hydrogen-bond acceptors (Lipinski definition) is 5. The average molecular weight is 362 g/mol. The highest BCUT2D eigenvalue weighted by Gasteiger charge is 2.38. The summed E-state index contributed by atoms with van der Waals surface area (Å²) in [5.41, 5.74) is -3.27.